The number of halogens is 2. The van der Waals surface area contributed by atoms with E-state index in [0.29, 0.717) is 75.5 Å². The largest absolute Gasteiger partial charge is 0.508 e. The molecule has 534 valence electrons. The molecule has 6 rings (SSSR count). The molecule has 0 spiro atoms. The molecule has 0 bridgehead atoms. The number of carboxylic acid groups (broad SMARTS) is 3. The van der Waals surface area contributed by atoms with Gasteiger partial charge in [-0.25, -0.2) is 13.6 Å². The number of carbonyl (C=O) groups excluding carboxylic acids is 6. The molecule has 0 aromatic heterocycles. The van der Waals surface area contributed by atoms with Crippen molar-refractivity contribution in [2.24, 2.45) is 10.7 Å². The molecule has 2 atom stereocenters. The number of unbranched alkanes of at least 4 members (excludes halogenated alkanes) is 3. The summed E-state index contributed by atoms with van der Waals surface area (Å²) in [4.78, 5) is 152. The number of benzene rings is 3. The molecule has 31 nitrogen and oxygen atoms in total. The number of phenols is 1. The topological polar surface area (TPSA) is 432 Å². The van der Waals surface area contributed by atoms with Gasteiger partial charge in [0, 0.05) is 147 Å². The van der Waals surface area contributed by atoms with Crippen LogP contribution in [0.4, 0.5) is 30.6 Å². The lowest BCUT2D eigenvalue weighted by molar-refractivity contribution is -0.140. The highest BCUT2D eigenvalue weighted by molar-refractivity contribution is 5.95. The van der Waals surface area contributed by atoms with Gasteiger partial charge in [0.05, 0.1) is 26.2 Å². The number of aromatic hydroxyl groups is 1. The van der Waals surface area contributed by atoms with Crippen LogP contribution in [0.25, 0.3) is 0 Å². The first-order valence-corrected chi connectivity index (χ1v) is 32.7. The van der Waals surface area contributed by atoms with Crippen LogP contribution in [-0.4, -0.2) is 228 Å². The van der Waals surface area contributed by atoms with Crippen LogP contribution in [0.15, 0.2) is 75.2 Å². The maximum atomic E-state index is 14.8. The number of hydrogen-bond donors (Lipinski definition) is 14. The van der Waals surface area contributed by atoms with Crippen molar-refractivity contribution in [3.05, 3.63) is 115 Å². The molecule has 1 fully saturated rings. The minimum absolute atomic E-state index is 0.00822. The van der Waals surface area contributed by atoms with Gasteiger partial charge in [-0.1, -0.05) is 56.2 Å². The van der Waals surface area contributed by atoms with Gasteiger partial charge in [-0.05, 0) is 60.9 Å². The number of guanidine groups is 1. The highest BCUT2D eigenvalue weighted by Gasteiger charge is 2.35. The summed E-state index contributed by atoms with van der Waals surface area (Å²) in [6.45, 7) is 4.24. The zero-order valence-electron chi connectivity index (χ0n) is 54.9. The molecule has 0 unspecified atom stereocenters. The number of carbonyl (C=O) groups is 9. The van der Waals surface area contributed by atoms with Gasteiger partial charge in [0.15, 0.2) is 5.96 Å². The average Bonchev–Trinajstić information content (AvgIpc) is 1.08. The number of rotatable bonds is 37. The summed E-state index contributed by atoms with van der Waals surface area (Å²) >= 11 is 0. The number of phenolic OH excluding ortho intramolecular Hbond substituents is 1. The number of amides is 7. The summed E-state index contributed by atoms with van der Waals surface area (Å²) in [5.41, 5.74) is 6.99. The predicted octanol–water partition coefficient (Wildman–Crippen LogP) is 0.439. The maximum Gasteiger partial charge on any atom is 0.321 e. The van der Waals surface area contributed by atoms with Gasteiger partial charge in [-0.15, -0.1) is 0 Å². The highest BCUT2D eigenvalue weighted by Crippen LogP contribution is 2.33. The Morgan fingerprint density at radius 3 is 1.65 bits per heavy atom. The lowest BCUT2D eigenvalue weighted by Crippen LogP contribution is -2.50. The van der Waals surface area contributed by atoms with E-state index in [-0.39, 0.29) is 153 Å². The standard InChI is InChI=1S/C65H90F2N16O15/c1-2-51(85)70-22-23-74-65(98)78-64(68)73-21-10-16-50(62(96)75-35-47-48(66)33-46(84)34-49(47)67)77-63(97)59(83-36-43-12-5-6-13-44(43)37-83)42-14-9-15-45(32-42)76-52(86)17-11-20-72-58-57(60(94)61(58)95)71-19-8-4-3-7-18-69-53(87)38-79-24-26-80(39-54(88)89)28-30-82(41-56(92)93)31-29-81(27-25-79)40-55(90)91/h5-6,9,12-15,32-34,50,59,71-72,84H,2-4,7-8,10-11,16-31,35-41H2,1H3,(H,69,87)(H,70,85)(H,75,96)(H,76,86)(H,77,97)(H,88,89)(H,90,91)(H,92,93)(H4,68,73,74,78,98)/t50-,59-/m1/s1. The quantitative estimate of drug-likeness (QED) is 0.0126. The summed E-state index contributed by atoms with van der Waals surface area (Å²) in [5.74, 6) is -8.57. The van der Waals surface area contributed by atoms with Crippen LogP contribution < -0.4 is 64.4 Å². The fourth-order valence-electron chi connectivity index (χ4n) is 11.1. The number of hydrogen-bond acceptors (Lipinski definition) is 20. The van der Waals surface area contributed by atoms with E-state index >= 15 is 0 Å². The normalized spacial score (nSPS) is 15.1. The fourth-order valence-corrected chi connectivity index (χ4v) is 11.1. The van der Waals surface area contributed by atoms with Crippen molar-refractivity contribution in [3.8, 4) is 5.75 Å². The Hall–Kier alpha value is -9.70. The van der Waals surface area contributed by atoms with Gasteiger partial charge in [0.2, 0.25) is 29.5 Å². The van der Waals surface area contributed by atoms with Crippen LogP contribution >= 0.6 is 0 Å². The van der Waals surface area contributed by atoms with Crippen LogP contribution in [0.2, 0.25) is 0 Å². The summed E-state index contributed by atoms with van der Waals surface area (Å²) in [6.07, 6.45) is 3.31. The van der Waals surface area contributed by atoms with E-state index in [4.69, 9.17) is 5.73 Å². The van der Waals surface area contributed by atoms with E-state index in [2.05, 4.69) is 52.8 Å². The zero-order valence-corrected chi connectivity index (χ0v) is 54.9. The molecule has 98 heavy (non-hydrogen) atoms. The molecule has 1 saturated heterocycles. The Kier molecular flexibility index (Phi) is 31.7. The zero-order chi connectivity index (χ0) is 71.1. The molecule has 0 saturated carbocycles. The molecular formula is C65H90F2N16O15. The van der Waals surface area contributed by atoms with E-state index in [9.17, 15) is 81.9 Å². The third-order valence-electron chi connectivity index (χ3n) is 16.3. The van der Waals surface area contributed by atoms with Gasteiger partial charge in [-0.3, -0.25) is 82.8 Å². The van der Waals surface area contributed by atoms with Gasteiger partial charge in [0.1, 0.15) is 40.8 Å². The van der Waals surface area contributed by atoms with E-state index in [0.717, 1.165) is 24.0 Å². The summed E-state index contributed by atoms with van der Waals surface area (Å²) < 4.78 is 29.6. The smallest absolute Gasteiger partial charge is 0.321 e. The first-order chi connectivity index (χ1) is 47.0. The highest BCUT2D eigenvalue weighted by atomic mass is 19.1. The molecule has 0 radical (unpaired) electrons. The molecule has 2 heterocycles. The fraction of sp³-hybridized carbons (Fsp3) is 0.508. The number of fused-ring (bicyclic) bond motifs is 1. The first kappa shape index (κ1) is 77.3. The van der Waals surface area contributed by atoms with Crippen molar-refractivity contribution in [1.82, 2.24) is 56.4 Å². The van der Waals surface area contributed by atoms with Gasteiger partial charge in [-0.2, -0.15) is 0 Å². The Bertz CT molecular complexity index is 3420. The molecule has 4 aromatic carbocycles. The number of nitrogens with one attached hydrogen (secondary N) is 9. The lowest BCUT2D eigenvalue weighted by Gasteiger charge is -2.32. The van der Waals surface area contributed by atoms with Crippen LogP contribution in [0, 0.1) is 11.6 Å². The van der Waals surface area contributed by atoms with Gasteiger partial charge in [0.25, 0.3) is 10.9 Å². The first-order valence-electron chi connectivity index (χ1n) is 32.7. The molecule has 0 aliphatic carbocycles. The molecule has 7 amide bonds. The molecule has 33 heteroatoms. The second-order valence-electron chi connectivity index (χ2n) is 23.8. The molecule has 2 aliphatic rings. The van der Waals surface area contributed by atoms with Crippen molar-refractivity contribution in [2.75, 3.05) is 134 Å². The minimum atomic E-state index is -1.32. The Balaban J connectivity index is 0.975. The van der Waals surface area contributed by atoms with Crippen molar-refractivity contribution in [2.45, 2.75) is 96.4 Å². The number of nitrogens with two attached hydrogens (primary N) is 1. The van der Waals surface area contributed by atoms with Gasteiger partial charge >= 0.3 is 23.9 Å². The van der Waals surface area contributed by atoms with Crippen LogP contribution in [0.3, 0.4) is 0 Å². The summed E-state index contributed by atoms with van der Waals surface area (Å²) in [6, 6.07) is 12.5. The maximum absolute atomic E-state index is 14.8. The van der Waals surface area contributed by atoms with Crippen molar-refractivity contribution in [3.63, 3.8) is 0 Å². The number of carboxylic acids is 3. The molecular weight excluding hydrogens is 1280 g/mol. The molecule has 2 aliphatic heterocycles. The van der Waals surface area contributed by atoms with Crippen molar-refractivity contribution >= 4 is 76.5 Å². The van der Waals surface area contributed by atoms with E-state index in [1.165, 1.54) is 0 Å². The number of aliphatic carboxylic acids is 3. The van der Waals surface area contributed by atoms with E-state index in [1.54, 1.807) is 45.9 Å². The van der Waals surface area contributed by atoms with E-state index < -0.39 is 94.1 Å². The molecule has 4 aromatic rings. The number of urea groups is 1. The SMILES string of the molecule is CCC(=O)NCCNC(=O)NC(N)=NCCC[C@@H](NC(=O)[C@@H](c1cccc(NC(=O)CCCNc2c(NCCCCCCNC(=O)CN3CCN(CC(=O)O)CCN(CC(=O)O)CCN(CC(=O)O)CC3)c(=O)c2=O)c1)N1Cc2ccccc2C1)C(=O)NCc1c(F)cc(O)cc1F. The van der Waals surface area contributed by atoms with Crippen molar-refractivity contribution < 1.29 is 72.4 Å². The summed E-state index contributed by atoms with van der Waals surface area (Å²) in [5, 5.41) is 62.7. The van der Waals surface area contributed by atoms with Crippen LogP contribution in [-0.2, 0) is 58.0 Å². The number of aliphatic imine (C=N–C) groups is 1. The monoisotopic (exact) mass is 1370 g/mol. The van der Waals surface area contributed by atoms with Gasteiger partial charge < -0.3 is 68.7 Å². The van der Waals surface area contributed by atoms with Crippen LogP contribution in [0.5, 0.6) is 5.75 Å². The number of anilines is 3. The Morgan fingerprint density at radius 2 is 1.10 bits per heavy atom. The second-order valence-corrected chi connectivity index (χ2v) is 23.8. The minimum Gasteiger partial charge on any atom is -0.508 e. The third kappa shape index (κ3) is 26.4. The average molecular weight is 1370 g/mol. The Morgan fingerprint density at radius 1 is 0.582 bits per heavy atom. The van der Waals surface area contributed by atoms with Crippen LogP contribution in [0.1, 0.15) is 93.0 Å². The van der Waals surface area contributed by atoms with Crippen molar-refractivity contribution in [1.29, 1.82) is 0 Å². The van der Waals surface area contributed by atoms with E-state index in [1.807, 2.05) is 34.1 Å². The number of nitrogens with zero attached hydrogens (tertiary/aromatic N) is 6. The Labute approximate surface area is 565 Å². The summed E-state index contributed by atoms with van der Waals surface area (Å²) in [7, 11) is 0. The predicted molar refractivity (Wildman–Crippen MR) is 359 cm³/mol. The molecule has 15 N–H and O–H groups in total. The third-order valence-corrected chi connectivity index (χ3v) is 16.3. The lowest BCUT2D eigenvalue weighted by atomic mass is 10.0. The second kappa shape index (κ2) is 40.1.